The minimum atomic E-state index is -0.0750. The number of anilines is 1. The summed E-state index contributed by atoms with van der Waals surface area (Å²) in [6.45, 7) is 7.39. The molecule has 1 aliphatic rings. The lowest BCUT2D eigenvalue weighted by atomic mass is 10.2. The summed E-state index contributed by atoms with van der Waals surface area (Å²) in [6.07, 6.45) is 1.85. The van der Waals surface area contributed by atoms with Gasteiger partial charge in [-0.05, 0) is 12.1 Å². The van der Waals surface area contributed by atoms with Crippen LogP contribution in [0.3, 0.4) is 0 Å². The fourth-order valence-electron chi connectivity index (χ4n) is 2.64. The first-order chi connectivity index (χ1) is 11.2. The van der Waals surface area contributed by atoms with E-state index < -0.39 is 0 Å². The van der Waals surface area contributed by atoms with Gasteiger partial charge in [0.1, 0.15) is 0 Å². The van der Waals surface area contributed by atoms with Gasteiger partial charge in [0.25, 0.3) is 0 Å². The van der Waals surface area contributed by atoms with Crippen LogP contribution >= 0.6 is 11.3 Å². The third kappa shape index (κ3) is 4.82. The maximum Gasteiger partial charge on any atom is 0.223 e. The van der Waals surface area contributed by atoms with E-state index in [0.29, 0.717) is 5.13 Å². The second-order valence-corrected chi connectivity index (χ2v) is 6.56. The van der Waals surface area contributed by atoms with Crippen LogP contribution in [0.15, 0.2) is 29.8 Å². The molecule has 1 N–H and O–H groups in total. The number of aromatic nitrogens is 2. The van der Waals surface area contributed by atoms with Gasteiger partial charge >= 0.3 is 0 Å². The van der Waals surface area contributed by atoms with Gasteiger partial charge in [-0.3, -0.25) is 19.6 Å². The summed E-state index contributed by atoms with van der Waals surface area (Å²) in [5.41, 5.74) is 2.15. The zero-order valence-electron chi connectivity index (χ0n) is 13.2. The Morgan fingerprint density at radius 2 is 1.87 bits per heavy atom. The highest BCUT2D eigenvalue weighted by Gasteiger charge is 2.18. The molecule has 7 heteroatoms. The van der Waals surface area contributed by atoms with Crippen molar-refractivity contribution in [2.24, 2.45) is 0 Å². The van der Waals surface area contributed by atoms with E-state index in [-0.39, 0.29) is 5.91 Å². The van der Waals surface area contributed by atoms with Crippen LogP contribution in [0.2, 0.25) is 0 Å². The minimum absolute atomic E-state index is 0.0750. The molecule has 3 rings (SSSR count). The average molecular weight is 331 g/mol. The number of carbonyl (C=O) groups excluding carboxylic acids is 1. The number of thiazole rings is 1. The molecular weight excluding hydrogens is 310 g/mol. The normalized spacial score (nSPS) is 16.4. The molecule has 1 amide bonds. The summed E-state index contributed by atoms with van der Waals surface area (Å²) in [7, 11) is 0. The van der Waals surface area contributed by atoms with Gasteiger partial charge in [-0.2, -0.15) is 0 Å². The van der Waals surface area contributed by atoms with Crippen LogP contribution in [0.5, 0.6) is 0 Å². The van der Waals surface area contributed by atoms with Crippen LogP contribution in [0.4, 0.5) is 5.13 Å². The number of nitrogens with one attached hydrogen (secondary N) is 1. The van der Waals surface area contributed by atoms with Gasteiger partial charge in [-0.1, -0.05) is 6.07 Å². The number of piperazine rings is 1. The molecule has 0 aliphatic carbocycles. The number of pyridine rings is 1. The minimum Gasteiger partial charge on any atom is -0.302 e. The van der Waals surface area contributed by atoms with Crippen LogP contribution in [0.25, 0.3) is 0 Å². The van der Waals surface area contributed by atoms with Crippen LogP contribution in [-0.4, -0.2) is 51.9 Å². The van der Waals surface area contributed by atoms with E-state index in [0.717, 1.165) is 50.7 Å². The Bertz CT molecular complexity index is 637. The van der Waals surface area contributed by atoms with Gasteiger partial charge in [-0.25, -0.2) is 4.98 Å². The van der Waals surface area contributed by atoms with E-state index in [1.54, 1.807) is 0 Å². The fraction of sp³-hybridized carbons (Fsp3) is 0.438. The molecule has 0 atom stereocenters. The van der Waals surface area contributed by atoms with Gasteiger partial charge < -0.3 is 5.32 Å². The quantitative estimate of drug-likeness (QED) is 0.905. The lowest BCUT2D eigenvalue weighted by Gasteiger charge is -2.34. The number of hydrogen-bond donors (Lipinski definition) is 1. The summed E-state index contributed by atoms with van der Waals surface area (Å²) < 4.78 is 0. The van der Waals surface area contributed by atoms with Crippen molar-refractivity contribution in [2.45, 2.75) is 20.0 Å². The largest absolute Gasteiger partial charge is 0.302 e. The molecule has 0 spiro atoms. The Kier molecular flexibility index (Phi) is 5.32. The van der Waals surface area contributed by atoms with Gasteiger partial charge in [0, 0.05) is 57.8 Å². The second kappa shape index (κ2) is 7.63. The molecule has 23 heavy (non-hydrogen) atoms. The summed E-state index contributed by atoms with van der Waals surface area (Å²) in [5.74, 6) is -0.0750. The van der Waals surface area contributed by atoms with Gasteiger partial charge in [0.15, 0.2) is 5.13 Å². The molecule has 0 bridgehead atoms. The zero-order chi connectivity index (χ0) is 16.1. The monoisotopic (exact) mass is 331 g/mol. The highest BCUT2D eigenvalue weighted by atomic mass is 32.1. The smallest absolute Gasteiger partial charge is 0.223 e. The number of amides is 1. The summed E-state index contributed by atoms with van der Waals surface area (Å²) in [5, 5.41) is 5.43. The molecule has 2 aromatic rings. The van der Waals surface area contributed by atoms with Crippen molar-refractivity contribution in [3.63, 3.8) is 0 Å². The van der Waals surface area contributed by atoms with Crippen molar-refractivity contribution in [2.75, 3.05) is 31.5 Å². The van der Waals surface area contributed by atoms with Crippen LogP contribution < -0.4 is 5.32 Å². The Morgan fingerprint density at radius 1 is 1.17 bits per heavy atom. The second-order valence-electron chi connectivity index (χ2n) is 5.70. The van der Waals surface area contributed by atoms with Gasteiger partial charge in [0.2, 0.25) is 5.91 Å². The van der Waals surface area contributed by atoms with E-state index in [1.807, 2.05) is 23.7 Å². The molecule has 6 nitrogen and oxygen atoms in total. The first-order valence-corrected chi connectivity index (χ1v) is 8.63. The third-order valence-electron chi connectivity index (χ3n) is 3.80. The molecular formula is C16H21N5OS. The summed E-state index contributed by atoms with van der Waals surface area (Å²) >= 11 is 1.48. The third-order valence-corrected chi connectivity index (χ3v) is 4.60. The molecule has 0 aromatic carbocycles. The van der Waals surface area contributed by atoms with E-state index in [1.165, 1.54) is 18.3 Å². The molecule has 0 unspecified atom stereocenters. The van der Waals surface area contributed by atoms with Crippen molar-refractivity contribution in [1.29, 1.82) is 0 Å². The zero-order valence-corrected chi connectivity index (χ0v) is 14.1. The molecule has 0 radical (unpaired) electrons. The van der Waals surface area contributed by atoms with Gasteiger partial charge in [0.05, 0.1) is 11.4 Å². The summed E-state index contributed by atoms with van der Waals surface area (Å²) in [6, 6.07) is 6.06. The predicted molar refractivity (Wildman–Crippen MR) is 91.2 cm³/mol. The Labute approximate surface area is 140 Å². The van der Waals surface area contributed by atoms with Crippen molar-refractivity contribution in [3.8, 4) is 0 Å². The maximum absolute atomic E-state index is 11.0. The molecule has 1 fully saturated rings. The van der Waals surface area contributed by atoms with Crippen molar-refractivity contribution < 1.29 is 4.79 Å². The number of carbonyl (C=O) groups is 1. The van der Waals surface area contributed by atoms with Gasteiger partial charge in [-0.15, -0.1) is 11.3 Å². The maximum atomic E-state index is 11.0. The lowest BCUT2D eigenvalue weighted by molar-refractivity contribution is -0.114. The van der Waals surface area contributed by atoms with Crippen LogP contribution in [-0.2, 0) is 17.9 Å². The van der Waals surface area contributed by atoms with E-state index in [9.17, 15) is 4.79 Å². The number of hydrogen-bond acceptors (Lipinski definition) is 6. The summed E-state index contributed by atoms with van der Waals surface area (Å²) in [4.78, 5) is 24.7. The number of rotatable bonds is 5. The van der Waals surface area contributed by atoms with E-state index >= 15 is 0 Å². The van der Waals surface area contributed by atoms with Crippen LogP contribution in [0, 0.1) is 0 Å². The first-order valence-electron chi connectivity index (χ1n) is 7.75. The Hall–Kier alpha value is -1.83. The molecule has 1 saturated heterocycles. The standard InChI is InChI=1S/C16H21N5OS/c1-13(22)18-16-19-15(12-23-16)11-21-8-6-20(7-9-21)10-14-4-2-3-5-17-14/h2-5,12H,6-11H2,1H3,(H,18,19,22). The highest BCUT2D eigenvalue weighted by Crippen LogP contribution is 2.17. The first kappa shape index (κ1) is 16.0. The van der Waals surface area contributed by atoms with Crippen LogP contribution in [0.1, 0.15) is 18.3 Å². The van der Waals surface area contributed by atoms with E-state index in [2.05, 4.69) is 31.2 Å². The molecule has 3 heterocycles. The Balaban J connectivity index is 1.45. The molecule has 2 aromatic heterocycles. The molecule has 122 valence electrons. The van der Waals surface area contributed by atoms with Crippen molar-refractivity contribution >= 4 is 22.4 Å². The SMILES string of the molecule is CC(=O)Nc1nc(CN2CCN(Cc3ccccn3)CC2)cs1. The fourth-order valence-corrected chi connectivity index (χ4v) is 3.39. The van der Waals surface area contributed by atoms with E-state index in [4.69, 9.17) is 0 Å². The average Bonchev–Trinajstić information content (AvgIpc) is 2.96. The Morgan fingerprint density at radius 3 is 2.48 bits per heavy atom. The topological polar surface area (TPSA) is 61.4 Å². The number of nitrogens with zero attached hydrogens (tertiary/aromatic N) is 4. The van der Waals surface area contributed by atoms with Crippen molar-refractivity contribution in [3.05, 3.63) is 41.2 Å². The molecule has 0 saturated carbocycles. The molecule has 1 aliphatic heterocycles. The predicted octanol–water partition coefficient (Wildman–Crippen LogP) is 1.81. The van der Waals surface area contributed by atoms with Crippen molar-refractivity contribution in [1.82, 2.24) is 19.8 Å². The highest BCUT2D eigenvalue weighted by molar-refractivity contribution is 7.13. The lowest BCUT2D eigenvalue weighted by Crippen LogP contribution is -2.45.